The second-order valence-corrected chi connectivity index (χ2v) is 7.55. The van der Waals surface area contributed by atoms with Gasteiger partial charge in [0.15, 0.2) is 23.0 Å². The molecule has 0 aliphatic heterocycles. The van der Waals surface area contributed by atoms with Gasteiger partial charge in [0.2, 0.25) is 11.7 Å². The normalized spacial score (nSPS) is 10.9. The maximum Gasteiger partial charge on any atom is 0.270 e. The van der Waals surface area contributed by atoms with Gasteiger partial charge in [-0.1, -0.05) is 24.3 Å². The van der Waals surface area contributed by atoms with E-state index in [0.29, 0.717) is 33.9 Å². The van der Waals surface area contributed by atoms with Crippen molar-refractivity contribution in [2.75, 3.05) is 33.8 Å². The maximum absolute atomic E-state index is 12.7. The van der Waals surface area contributed by atoms with E-state index < -0.39 is 10.8 Å². The summed E-state index contributed by atoms with van der Waals surface area (Å²) in [5.74, 6) is 0.748. The molecular formula is C27H26N2O8. The molecule has 192 valence electrons. The van der Waals surface area contributed by atoms with Gasteiger partial charge in [0.1, 0.15) is 0 Å². The van der Waals surface area contributed by atoms with E-state index in [4.69, 9.17) is 18.9 Å². The van der Waals surface area contributed by atoms with Crippen molar-refractivity contribution < 1.29 is 33.8 Å². The number of phenols is 1. The van der Waals surface area contributed by atoms with Crippen molar-refractivity contribution in [3.63, 3.8) is 0 Å². The smallest absolute Gasteiger partial charge is 0.270 e. The number of benzene rings is 3. The molecular weight excluding hydrogens is 480 g/mol. The number of non-ortho nitro benzene ring substituents is 1. The predicted octanol–water partition coefficient (Wildman–Crippen LogP) is 5.16. The van der Waals surface area contributed by atoms with E-state index in [1.165, 1.54) is 58.8 Å². The van der Waals surface area contributed by atoms with Gasteiger partial charge in [-0.25, -0.2) is 0 Å². The Morgan fingerprint density at radius 2 is 1.54 bits per heavy atom. The first-order valence-corrected chi connectivity index (χ1v) is 10.9. The lowest BCUT2D eigenvalue weighted by atomic mass is 10.1. The number of nitrogens with zero attached hydrogens (tertiary/aromatic N) is 1. The molecule has 0 fully saturated rings. The van der Waals surface area contributed by atoms with Crippen LogP contribution >= 0.6 is 0 Å². The third kappa shape index (κ3) is 6.37. The molecule has 0 bridgehead atoms. The number of carbonyl (C=O) groups is 1. The number of ether oxygens (including phenoxy) is 4. The monoisotopic (exact) mass is 506 g/mol. The van der Waals surface area contributed by atoms with Crippen LogP contribution in [0.5, 0.6) is 28.7 Å². The highest BCUT2D eigenvalue weighted by Crippen LogP contribution is 2.40. The van der Waals surface area contributed by atoms with Crippen LogP contribution in [-0.2, 0) is 4.79 Å². The van der Waals surface area contributed by atoms with Crippen LogP contribution in [-0.4, -0.2) is 44.4 Å². The Morgan fingerprint density at radius 1 is 0.865 bits per heavy atom. The molecule has 3 aromatic carbocycles. The number of rotatable bonds is 10. The lowest BCUT2D eigenvalue weighted by Crippen LogP contribution is -2.09. The van der Waals surface area contributed by atoms with Gasteiger partial charge < -0.3 is 29.4 Å². The van der Waals surface area contributed by atoms with E-state index >= 15 is 0 Å². The lowest BCUT2D eigenvalue weighted by Gasteiger charge is -2.14. The van der Waals surface area contributed by atoms with Gasteiger partial charge in [-0.3, -0.25) is 14.9 Å². The summed E-state index contributed by atoms with van der Waals surface area (Å²) in [5.41, 5.74) is 1.71. The Morgan fingerprint density at radius 3 is 2.14 bits per heavy atom. The highest BCUT2D eigenvalue weighted by atomic mass is 16.6. The molecule has 0 saturated carbocycles. The number of nitro groups is 1. The standard InChI is InChI=1S/C27H26N2O8/c1-34-21-12-11-19(10-8-18-15-22(35-2)27(37-4)23(16-18)36-3)25(26(21)31)28-24(30)13-9-17-6-5-7-20(14-17)29(32)33/h5-16,31H,1-4H3,(H,28,30)/b10-8+,13-9+. The number of aromatic hydroxyl groups is 1. The zero-order valence-electron chi connectivity index (χ0n) is 20.7. The van der Waals surface area contributed by atoms with E-state index in [1.807, 2.05) is 0 Å². The van der Waals surface area contributed by atoms with Crippen molar-refractivity contribution in [3.05, 3.63) is 81.4 Å². The fraction of sp³-hybridized carbons (Fsp3) is 0.148. The van der Waals surface area contributed by atoms with Crippen molar-refractivity contribution in [1.82, 2.24) is 0 Å². The first-order chi connectivity index (χ1) is 17.8. The lowest BCUT2D eigenvalue weighted by molar-refractivity contribution is -0.384. The van der Waals surface area contributed by atoms with Gasteiger partial charge in [-0.05, 0) is 41.5 Å². The Labute approximate surface area is 213 Å². The van der Waals surface area contributed by atoms with Crippen molar-refractivity contribution in [2.24, 2.45) is 0 Å². The summed E-state index contributed by atoms with van der Waals surface area (Å²) in [6.45, 7) is 0. The van der Waals surface area contributed by atoms with Crippen LogP contribution in [0.15, 0.2) is 54.6 Å². The number of amides is 1. The van der Waals surface area contributed by atoms with Crippen LogP contribution in [0.1, 0.15) is 16.7 Å². The van der Waals surface area contributed by atoms with E-state index in [1.54, 1.807) is 42.5 Å². The number of anilines is 1. The van der Waals surface area contributed by atoms with Crippen LogP contribution in [0.3, 0.4) is 0 Å². The average molecular weight is 507 g/mol. The molecule has 0 spiro atoms. The fourth-order valence-corrected chi connectivity index (χ4v) is 3.49. The third-order valence-electron chi connectivity index (χ3n) is 5.29. The Bertz CT molecular complexity index is 1340. The van der Waals surface area contributed by atoms with Crippen LogP contribution < -0.4 is 24.3 Å². The van der Waals surface area contributed by atoms with Crippen LogP contribution in [0, 0.1) is 10.1 Å². The number of hydrogen-bond acceptors (Lipinski definition) is 8. The molecule has 37 heavy (non-hydrogen) atoms. The quantitative estimate of drug-likeness (QED) is 0.127. The van der Waals surface area contributed by atoms with E-state index in [-0.39, 0.29) is 22.9 Å². The number of nitro benzene ring substituents is 1. The molecule has 0 heterocycles. The van der Waals surface area contributed by atoms with Crippen molar-refractivity contribution in [2.45, 2.75) is 0 Å². The van der Waals surface area contributed by atoms with Crippen LogP contribution in [0.25, 0.3) is 18.2 Å². The molecule has 0 unspecified atom stereocenters. The van der Waals surface area contributed by atoms with Gasteiger partial charge in [-0.15, -0.1) is 0 Å². The number of phenolic OH excluding ortho intramolecular Hbond substituents is 1. The molecule has 0 atom stereocenters. The van der Waals surface area contributed by atoms with E-state index in [9.17, 15) is 20.0 Å². The molecule has 0 aliphatic rings. The van der Waals surface area contributed by atoms with Gasteiger partial charge in [0.25, 0.3) is 5.69 Å². The predicted molar refractivity (Wildman–Crippen MR) is 140 cm³/mol. The van der Waals surface area contributed by atoms with E-state index in [0.717, 1.165) is 0 Å². The summed E-state index contributed by atoms with van der Waals surface area (Å²) in [7, 11) is 5.94. The van der Waals surface area contributed by atoms with Gasteiger partial charge in [0, 0.05) is 23.8 Å². The summed E-state index contributed by atoms with van der Waals surface area (Å²) in [4.78, 5) is 23.1. The molecule has 10 heteroatoms. The summed E-state index contributed by atoms with van der Waals surface area (Å²) >= 11 is 0. The molecule has 3 aromatic rings. The zero-order valence-corrected chi connectivity index (χ0v) is 20.7. The van der Waals surface area contributed by atoms with Crippen molar-refractivity contribution >= 4 is 35.5 Å². The van der Waals surface area contributed by atoms with Gasteiger partial charge >= 0.3 is 0 Å². The van der Waals surface area contributed by atoms with Gasteiger partial charge in [0.05, 0.1) is 39.0 Å². The largest absolute Gasteiger partial charge is 0.503 e. The molecule has 0 radical (unpaired) electrons. The zero-order chi connectivity index (χ0) is 26.9. The molecule has 0 aliphatic carbocycles. The minimum Gasteiger partial charge on any atom is -0.503 e. The summed E-state index contributed by atoms with van der Waals surface area (Å²) in [6.07, 6.45) is 6.09. The summed E-state index contributed by atoms with van der Waals surface area (Å²) in [5, 5.41) is 24.3. The molecule has 0 aromatic heterocycles. The molecule has 3 rings (SSSR count). The van der Waals surface area contributed by atoms with Gasteiger partial charge in [-0.2, -0.15) is 0 Å². The van der Waals surface area contributed by atoms with Crippen molar-refractivity contribution in [1.29, 1.82) is 0 Å². The first-order valence-electron chi connectivity index (χ1n) is 10.9. The summed E-state index contributed by atoms with van der Waals surface area (Å²) in [6, 6.07) is 12.6. The topological polar surface area (TPSA) is 129 Å². The number of carbonyl (C=O) groups excluding carboxylic acids is 1. The highest BCUT2D eigenvalue weighted by Gasteiger charge is 2.15. The Balaban J connectivity index is 1.92. The molecule has 10 nitrogen and oxygen atoms in total. The Kier molecular flexibility index (Phi) is 8.71. The van der Waals surface area contributed by atoms with Crippen LogP contribution in [0.4, 0.5) is 11.4 Å². The Hall–Kier alpha value is -4.99. The maximum atomic E-state index is 12.7. The SMILES string of the molecule is COc1ccc(/C=C/c2cc(OC)c(OC)c(OC)c2)c(NC(=O)/C=C/c2cccc([N+](=O)[O-])c2)c1O. The van der Waals surface area contributed by atoms with Crippen molar-refractivity contribution in [3.8, 4) is 28.7 Å². The fourth-order valence-electron chi connectivity index (χ4n) is 3.49. The second kappa shape index (κ2) is 12.1. The van der Waals surface area contributed by atoms with E-state index in [2.05, 4.69) is 5.32 Å². The third-order valence-corrected chi connectivity index (χ3v) is 5.29. The molecule has 1 amide bonds. The van der Waals surface area contributed by atoms with Crippen LogP contribution in [0.2, 0.25) is 0 Å². The molecule has 0 saturated heterocycles. The summed E-state index contributed by atoms with van der Waals surface area (Å²) < 4.78 is 21.3. The number of hydrogen-bond donors (Lipinski definition) is 2. The average Bonchev–Trinajstić information content (AvgIpc) is 2.91. The second-order valence-electron chi connectivity index (χ2n) is 7.55. The molecule has 2 N–H and O–H groups in total. The number of nitrogens with one attached hydrogen (secondary N) is 1. The first kappa shape index (κ1) is 26.6. The minimum absolute atomic E-state index is 0.0905. The number of methoxy groups -OCH3 is 4. The highest BCUT2D eigenvalue weighted by molar-refractivity contribution is 6.04. The minimum atomic E-state index is -0.558.